The van der Waals surface area contributed by atoms with Gasteiger partial charge in [0.05, 0.1) is 5.92 Å². The lowest BCUT2D eigenvalue weighted by Crippen LogP contribution is -2.55. The first-order valence-corrected chi connectivity index (χ1v) is 12.0. The fourth-order valence-electron chi connectivity index (χ4n) is 4.64. The highest BCUT2D eigenvalue weighted by Crippen LogP contribution is 2.40. The van der Waals surface area contributed by atoms with Gasteiger partial charge in [-0.3, -0.25) is 14.2 Å². The molecule has 2 rings (SSSR count). The van der Waals surface area contributed by atoms with Crippen LogP contribution in [-0.2, 0) is 19.1 Å². The van der Waals surface area contributed by atoms with Gasteiger partial charge in [-0.2, -0.15) is 0 Å². The minimum absolute atomic E-state index is 0.0253. The summed E-state index contributed by atoms with van der Waals surface area (Å²) in [5.41, 5.74) is -0.727. The molecule has 0 radical (unpaired) electrons. The highest BCUT2D eigenvalue weighted by molar-refractivity contribution is 7.80. The zero-order valence-corrected chi connectivity index (χ0v) is 21.4. The van der Waals surface area contributed by atoms with Gasteiger partial charge >= 0.3 is 12.1 Å². The summed E-state index contributed by atoms with van der Waals surface area (Å²) in [7, 11) is 0. The number of alkyl carbamates (subject to hydrolysis) is 1. The number of carbonyl (C=O) groups excluding carboxylic acids is 2. The van der Waals surface area contributed by atoms with Gasteiger partial charge in [-0.05, 0) is 45.3 Å². The molecular formula is C23H36N4O6S. The SMILES string of the molecule is CCC(CC)C(NC(C)=O)C1C(NC(=O)OC(C)(C)C)CC(C(=O)O)C1OC(=S)n1ccnc1. The number of amides is 2. The fourth-order valence-corrected chi connectivity index (χ4v) is 4.86. The number of hydrogen-bond acceptors (Lipinski definition) is 7. The third-order valence-corrected chi connectivity index (χ3v) is 6.37. The molecule has 1 heterocycles. The molecule has 1 aliphatic rings. The van der Waals surface area contributed by atoms with E-state index in [9.17, 15) is 19.5 Å². The number of carboxylic acid groups (broad SMARTS) is 1. The van der Waals surface area contributed by atoms with Crippen LogP contribution >= 0.6 is 12.2 Å². The minimum atomic E-state index is -1.07. The number of carbonyl (C=O) groups is 3. The van der Waals surface area contributed by atoms with E-state index in [2.05, 4.69) is 15.6 Å². The average molecular weight is 497 g/mol. The van der Waals surface area contributed by atoms with Crippen LogP contribution in [0.5, 0.6) is 0 Å². The first-order chi connectivity index (χ1) is 15.9. The van der Waals surface area contributed by atoms with Gasteiger partial charge in [0.25, 0.3) is 5.17 Å². The quantitative estimate of drug-likeness (QED) is 0.468. The lowest BCUT2D eigenvalue weighted by Gasteiger charge is -2.38. The van der Waals surface area contributed by atoms with Crippen LogP contribution in [0.1, 0.15) is 60.8 Å². The van der Waals surface area contributed by atoms with Gasteiger partial charge in [-0.25, -0.2) is 9.78 Å². The predicted octanol–water partition coefficient (Wildman–Crippen LogP) is 2.96. The van der Waals surface area contributed by atoms with E-state index in [4.69, 9.17) is 21.7 Å². The summed E-state index contributed by atoms with van der Waals surface area (Å²) in [6.07, 6.45) is 4.64. The normalized spacial score (nSPS) is 23.3. The maximum atomic E-state index is 12.7. The number of thiocarbonyl (C=S) groups is 1. The molecule has 11 heteroatoms. The molecule has 0 bridgehead atoms. The second kappa shape index (κ2) is 11.6. The second-order valence-electron chi connectivity index (χ2n) is 9.63. The van der Waals surface area contributed by atoms with Crippen LogP contribution in [0.4, 0.5) is 4.79 Å². The van der Waals surface area contributed by atoms with Gasteiger partial charge in [-0.1, -0.05) is 26.7 Å². The molecule has 0 saturated heterocycles. The molecule has 190 valence electrons. The monoisotopic (exact) mass is 496 g/mol. The Morgan fingerprint density at radius 1 is 1.26 bits per heavy atom. The molecule has 1 aromatic rings. The van der Waals surface area contributed by atoms with Crippen LogP contribution in [0, 0.1) is 17.8 Å². The summed E-state index contributed by atoms with van der Waals surface area (Å²) >= 11 is 5.41. The molecule has 1 aliphatic carbocycles. The number of nitrogens with zero attached hydrogens (tertiary/aromatic N) is 2. The highest BCUT2D eigenvalue weighted by atomic mass is 32.1. The minimum Gasteiger partial charge on any atom is -0.481 e. The van der Waals surface area contributed by atoms with E-state index in [-0.39, 0.29) is 23.4 Å². The summed E-state index contributed by atoms with van der Waals surface area (Å²) < 4.78 is 13.0. The first kappa shape index (κ1) is 27.6. The Morgan fingerprint density at radius 3 is 2.38 bits per heavy atom. The smallest absolute Gasteiger partial charge is 0.407 e. The van der Waals surface area contributed by atoms with E-state index >= 15 is 0 Å². The second-order valence-corrected chi connectivity index (χ2v) is 9.98. The Morgan fingerprint density at radius 2 is 1.91 bits per heavy atom. The van der Waals surface area contributed by atoms with Gasteiger partial charge in [0.15, 0.2) is 0 Å². The Bertz CT molecular complexity index is 865. The van der Waals surface area contributed by atoms with Gasteiger partial charge < -0.3 is 25.2 Å². The molecule has 2 amide bonds. The molecule has 0 spiro atoms. The van der Waals surface area contributed by atoms with Crippen LogP contribution in [0.2, 0.25) is 0 Å². The summed E-state index contributed by atoms with van der Waals surface area (Å²) in [5, 5.41) is 15.9. The number of aliphatic carboxylic acids is 1. The molecule has 0 aliphatic heterocycles. The Hall–Kier alpha value is -2.69. The van der Waals surface area contributed by atoms with Crippen molar-refractivity contribution in [1.82, 2.24) is 20.2 Å². The number of aromatic nitrogens is 2. The van der Waals surface area contributed by atoms with Crippen molar-refractivity contribution in [3.8, 4) is 0 Å². The van der Waals surface area contributed by atoms with Crippen LogP contribution in [0.15, 0.2) is 18.7 Å². The molecule has 10 nitrogen and oxygen atoms in total. The van der Waals surface area contributed by atoms with E-state index < -0.39 is 47.7 Å². The molecule has 0 aromatic carbocycles. The van der Waals surface area contributed by atoms with Crippen molar-refractivity contribution in [2.75, 3.05) is 0 Å². The summed E-state index contributed by atoms with van der Waals surface area (Å²) in [4.78, 5) is 41.1. The molecular weight excluding hydrogens is 460 g/mol. The lowest BCUT2D eigenvalue weighted by atomic mass is 9.80. The Balaban J connectivity index is 2.49. The van der Waals surface area contributed by atoms with Crippen LogP contribution < -0.4 is 10.6 Å². The molecule has 5 unspecified atom stereocenters. The van der Waals surface area contributed by atoms with Crippen molar-refractivity contribution < 1.29 is 29.0 Å². The van der Waals surface area contributed by atoms with Crippen molar-refractivity contribution in [2.24, 2.45) is 17.8 Å². The van der Waals surface area contributed by atoms with Gasteiger partial charge in [0.1, 0.15) is 18.0 Å². The van der Waals surface area contributed by atoms with Crippen molar-refractivity contribution >= 4 is 35.4 Å². The fraction of sp³-hybridized carbons (Fsp3) is 0.696. The maximum Gasteiger partial charge on any atom is 0.407 e. The van der Waals surface area contributed by atoms with Crippen molar-refractivity contribution in [3.05, 3.63) is 18.7 Å². The zero-order chi connectivity index (χ0) is 25.6. The van der Waals surface area contributed by atoms with Gasteiger partial charge in [0, 0.05) is 37.3 Å². The van der Waals surface area contributed by atoms with E-state index in [0.29, 0.717) is 0 Å². The number of imidazole rings is 1. The first-order valence-electron chi connectivity index (χ1n) is 11.6. The number of ether oxygens (including phenoxy) is 2. The molecule has 1 saturated carbocycles. The summed E-state index contributed by atoms with van der Waals surface area (Å²) in [5.74, 6) is -2.82. The maximum absolute atomic E-state index is 12.7. The standard InChI is InChI=1S/C23H36N4O6S/c1-7-14(8-2)18(25-13(3)28)17-16(26-21(31)33-23(4,5)6)11-15(20(29)30)19(17)32-22(34)27-10-9-24-12-27/h9-10,12,14-19H,7-8,11H2,1-6H3,(H,25,28)(H,26,31)(H,29,30). The topological polar surface area (TPSA) is 132 Å². The molecule has 1 aromatic heterocycles. The van der Waals surface area contributed by atoms with E-state index in [0.717, 1.165) is 12.8 Å². The predicted molar refractivity (Wildman–Crippen MR) is 129 cm³/mol. The van der Waals surface area contributed by atoms with E-state index in [1.807, 2.05) is 13.8 Å². The van der Waals surface area contributed by atoms with Crippen LogP contribution in [0.3, 0.4) is 0 Å². The van der Waals surface area contributed by atoms with Crippen LogP contribution in [-0.4, -0.2) is 61.6 Å². The number of carboxylic acids is 1. The summed E-state index contributed by atoms with van der Waals surface area (Å²) in [6.45, 7) is 10.7. The molecule has 5 atom stereocenters. The highest BCUT2D eigenvalue weighted by Gasteiger charge is 2.54. The van der Waals surface area contributed by atoms with E-state index in [1.165, 1.54) is 24.0 Å². The zero-order valence-electron chi connectivity index (χ0n) is 20.6. The molecule has 3 N–H and O–H groups in total. The number of hydrogen-bond donors (Lipinski definition) is 3. The molecule has 1 fully saturated rings. The number of rotatable bonds is 8. The Labute approximate surface area is 205 Å². The third-order valence-electron chi connectivity index (χ3n) is 6.06. The number of nitrogens with one attached hydrogen (secondary N) is 2. The Kier molecular flexibility index (Phi) is 9.43. The third kappa shape index (κ3) is 7.15. The lowest BCUT2D eigenvalue weighted by molar-refractivity contribution is -0.144. The average Bonchev–Trinajstić information content (AvgIpc) is 3.35. The van der Waals surface area contributed by atoms with Crippen LogP contribution in [0.25, 0.3) is 0 Å². The van der Waals surface area contributed by atoms with E-state index in [1.54, 1.807) is 27.0 Å². The largest absolute Gasteiger partial charge is 0.481 e. The molecule has 34 heavy (non-hydrogen) atoms. The summed E-state index contributed by atoms with van der Waals surface area (Å²) in [6, 6.07) is -1.07. The van der Waals surface area contributed by atoms with Crippen molar-refractivity contribution in [2.45, 2.75) is 84.6 Å². The van der Waals surface area contributed by atoms with Crippen molar-refractivity contribution in [1.29, 1.82) is 0 Å². The van der Waals surface area contributed by atoms with Gasteiger partial charge in [-0.15, -0.1) is 0 Å². The van der Waals surface area contributed by atoms with Crippen molar-refractivity contribution in [3.63, 3.8) is 0 Å². The van der Waals surface area contributed by atoms with Gasteiger partial charge in [0.2, 0.25) is 5.91 Å².